The smallest absolute Gasteiger partial charge is 0.490 e. The first-order valence-electron chi connectivity index (χ1n) is 32.8. The maximum atomic E-state index is 12.5. The summed E-state index contributed by atoms with van der Waals surface area (Å²) in [5, 5.41) is 24.4. The van der Waals surface area contributed by atoms with Crippen molar-refractivity contribution in [1.82, 2.24) is 44.4 Å². The number of likely N-dealkylation sites (tertiary alicyclic amines) is 1. The Kier molecular flexibility index (Phi) is 23.4. The Hall–Kier alpha value is -8.59. The Morgan fingerprint density at radius 1 is 0.667 bits per heavy atom. The minimum absolute atomic E-state index is 0.0478. The van der Waals surface area contributed by atoms with E-state index in [-0.39, 0.29) is 40.7 Å². The van der Waals surface area contributed by atoms with Gasteiger partial charge in [-0.3, -0.25) is 0 Å². The molecule has 0 radical (unpaired) electrons. The molecule has 6 aromatic heterocycles. The van der Waals surface area contributed by atoms with Crippen LogP contribution in [0.4, 0.5) is 35.5 Å². The minimum atomic E-state index is -5.08. The number of ether oxygens (including phenoxy) is 4. The number of nitrogens with one attached hydrogen (secondary N) is 2. The van der Waals surface area contributed by atoms with E-state index in [9.17, 15) is 18.0 Å². The van der Waals surface area contributed by atoms with Crippen LogP contribution in [-0.2, 0) is 9.53 Å². The number of methoxy groups -OCH3 is 3. The topological polar surface area (TPSA) is 231 Å². The molecule has 3 aliphatic heterocycles. The summed E-state index contributed by atoms with van der Waals surface area (Å²) in [6, 6.07) is 28.8. The lowest BCUT2D eigenvalue weighted by atomic mass is 9.87. The molecule has 4 aliphatic rings. The van der Waals surface area contributed by atoms with E-state index in [2.05, 4.69) is 108 Å². The number of para-hydroxylation sites is 3. The molecule has 1 amide bonds. The number of allylic oxidation sites excluding steroid dienone is 1. The van der Waals surface area contributed by atoms with E-state index in [1.165, 1.54) is 58.0 Å². The lowest BCUT2D eigenvalue weighted by molar-refractivity contribution is -0.192. The number of rotatable bonds is 13. The van der Waals surface area contributed by atoms with Crippen LogP contribution in [-0.4, -0.2) is 131 Å². The molecule has 1 saturated heterocycles. The lowest BCUT2D eigenvalue weighted by Crippen LogP contribution is -2.41. The number of alkyl halides is 3. The van der Waals surface area contributed by atoms with Gasteiger partial charge in [-0.25, -0.2) is 48.9 Å². The lowest BCUT2D eigenvalue weighted by Gasteiger charge is -2.32. The monoisotopic (exact) mass is 1430 g/mol. The summed E-state index contributed by atoms with van der Waals surface area (Å²) in [4.78, 5) is 54.6. The van der Waals surface area contributed by atoms with Crippen molar-refractivity contribution in [3.05, 3.63) is 134 Å². The zero-order valence-electron chi connectivity index (χ0n) is 57.7. The molecule has 1 saturated carbocycles. The van der Waals surface area contributed by atoms with Crippen LogP contribution in [0, 0.1) is 13.8 Å². The number of aromatic nitrogens is 8. The van der Waals surface area contributed by atoms with Gasteiger partial charge in [-0.15, -0.1) is 34.4 Å². The van der Waals surface area contributed by atoms with Crippen molar-refractivity contribution in [3.8, 4) is 39.5 Å². The maximum absolute atomic E-state index is 12.5. The summed E-state index contributed by atoms with van der Waals surface area (Å²) in [7, 11) is 5.09. The number of carboxylic acids is 1. The van der Waals surface area contributed by atoms with Gasteiger partial charge in [0.1, 0.15) is 34.5 Å². The van der Waals surface area contributed by atoms with Crippen molar-refractivity contribution in [3.63, 3.8) is 0 Å². The number of carbonyl (C=O) groups excluding carboxylic acids is 1. The summed E-state index contributed by atoms with van der Waals surface area (Å²) >= 11 is 11.1. The molecule has 9 aromatic rings. The molecular weight excluding hydrogens is 1350 g/mol. The van der Waals surface area contributed by atoms with Crippen molar-refractivity contribution in [2.75, 3.05) is 45.1 Å². The fourth-order valence-electron chi connectivity index (χ4n) is 12.4. The number of fused-ring (bicyclic) bond motifs is 3. The van der Waals surface area contributed by atoms with Crippen molar-refractivity contribution in [1.29, 1.82) is 0 Å². The van der Waals surface area contributed by atoms with Crippen LogP contribution >= 0.6 is 46.0 Å². The number of thioether (sulfide) groups is 1. The van der Waals surface area contributed by atoms with Crippen LogP contribution in [0.25, 0.3) is 48.3 Å². The van der Waals surface area contributed by atoms with Crippen LogP contribution in [0.3, 0.4) is 0 Å². The standard InChI is InChI=1S/C30H40N6O3S.C26H31N5OS.C14H11ClN2OS.C2HF3O2/c1-18(2)36-25(16-22(34-36)20-12-14-35(15-13-20)29(37)39-30(4,5)6)32-28-31-17-24-27(33-28)26(19(3)40-24)21-10-8-9-11-23(21)38-7;1-16(2)31-23(14-20(30-31)18-10-6-5-7-11-18)28-26-27-15-22-25(29-26)24(17(3)33-22)19-12-8-9-13-21(19)32-4;1-8-12(9-5-3-4-6-10(9)18-2)13-11(19-8)7-16-14(15)17-13;3-2(4,5)1(6)7/h8-11,16-18,20,24,27H,12-15H2,1-7H3,(H,32,33);8-9,12-16,18H,5-7,10-11H2,1-4H3,(H,27,28,29);3-7H,1-2H3;(H,6,7). The van der Waals surface area contributed by atoms with Gasteiger partial charge in [0.05, 0.1) is 70.6 Å². The third-order valence-electron chi connectivity index (χ3n) is 17.0. The second kappa shape index (κ2) is 31.7. The predicted molar refractivity (Wildman–Crippen MR) is 391 cm³/mol. The zero-order chi connectivity index (χ0) is 71.0. The molecule has 0 spiro atoms. The van der Waals surface area contributed by atoms with E-state index in [1.54, 1.807) is 66.9 Å². The van der Waals surface area contributed by atoms with Gasteiger partial charge in [-0.1, -0.05) is 73.9 Å². The van der Waals surface area contributed by atoms with E-state index in [1.807, 2.05) is 98.5 Å². The Labute approximate surface area is 591 Å². The van der Waals surface area contributed by atoms with E-state index in [0.29, 0.717) is 30.9 Å². The van der Waals surface area contributed by atoms with Gasteiger partial charge in [0.25, 0.3) is 0 Å². The molecule has 27 heteroatoms. The molecule has 524 valence electrons. The average Bonchev–Trinajstić information content (AvgIpc) is 1.65. The number of anilines is 3. The van der Waals surface area contributed by atoms with Gasteiger partial charge < -0.3 is 39.6 Å². The number of hydrogen-bond donors (Lipinski definition) is 3. The quantitative estimate of drug-likeness (QED) is 0.0911. The average molecular weight is 1430 g/mol. The highest BCUT2D eigenvalue weighted by molar-refractivity contribution is 8.04. The van der Waals surface area contributed by atoms with E-state index in [0.717, 1.165) is 95.7 Å². The third kappa shape index (κ3) is 17.4. The zero-order valence-corrected chi connectivity index (χ0v) is 60.9. The molecular formula is C72H83ClF3N13O7S3. The summed E-state index contributed by atoms with van der Waals surface area (Å²) in [6.07, 6.45) is 8.45. The van der Waals surface area contributed by atoms with Gasteiger partial charge in [0.15, 0.2) is 0 Å². The number of amides is 1. The largest absolute Gasteiger partial charge is 0.496 e. The highest BCUT2D eigenvalue weighted by atomic mass is 35.5. The highest BCUT2D eigenvalue weighted by Gasteiger charge is 2.39. The molecule has 2 atom stereocenters. The molecule has 3 aromatic carbocycles. The van der Waals surface area contributed by atoms with Gasteiger partial charge in [0.2, 0.25) is 17.2 Å². The number of carboxylic acid groups (broad SMARTS) is 1. The molecule has 2 unspecified atom stereocenters. The number of nitrogens with zero attached hydrogens (tertiary/aromatic N) is 11. The van der Waals surface area contributed by atoms with Gasteiger partial charge in [-0.2, -0.15) is 23.4 Å². The summed E-state index contributed by atoms with van der Waals surface area (Å²) in [5.41, 5.74) is 10.1. The SMILES string of the molecule is COc1ccccc1-c1c(C)sc2cnc(Cl)nc12.COc1ccccc1-c1c(C)sc2cnc(Nc3cc(C4CCCCC4)nn3C(C)C)nc12.COc1ccccc1C1=C(C)SC2C=NC(Nc3cc(C4CCN(C(=O)OC(C)(C)C)CC4)nn3C(C)C)=NC12.O=C(O)C(F)(F)F. The van der Waals surface area contributed by atoms with Crippen molar-refractivity contribution in [2.24, 2.45) is 9.98 Å². The molecule has 0 bridgehead atoms. The first-order chi connectivity index (χ1) is 47.2. The van der Waals surface area contributed by atoms with Crippen molar-refractivity contribution >= 4 is 114 Å². The Morgan fingerprint density at radius 3 is 1.65 bits per heavy atom. The number of halogens is 4. The number of piperidine rings is 1. The normalized spacial score (nSPS) is 16.5. The number of hydrogen-bond acceptors (Lipinski definition) is 19. The number of aliphatic carboxylic acids is 1. The summed E-state index contributed by atoms with van der Waals surface area (Å²) in [5.74, 6) is 3.61. The van der Waals surface area contributed by atoms with Crippen LogP contribution in [0.2, 0.25) is 5.28 Å². The van der Waals surface area contributed by atoms with Crippen molar-refractivity contribution < 1.29 is 46.8 Å². The summed E-state index contributed by atoms with van der Waals surface area (Å²) < 4.78 is 60.2. The van der Waals surface area contributed by atoms with E-state index >= 15 is 0 Å². The third-order valence-corrected chi connectivity index (χ3v) is 20.5. The number of benzene rings is 3. The van der Waals surface area contributed by atoms with E-state index < -0.39 is 17.7 Å². The Balaban J connectivity index is 0.000000160. The number of thiophene rings is 2. The van der Waals surface area contributed by atoms with Crippen LogP contribution < -0.4 is 24.8 Å². The van der Waals surface area contributed by atoms with Crippen LogP contribution in [0.1, 0.15) is 151 Å². The number of aliphatic imine (C=N–C) groups is 2. The van der Waals surface area contributed by atoms with Gasteiger partial charge in [0, 0.05) is 99.1 Å². The molecule has 3 N–H and O–H groups in total. The molecule has 2 fully saturated rings. The number of aryl methyl sites for hydroxylation is 2. The molecule has 9 heterocycles. The first kappa shape index (κ1) is 73.1. The fraction of sp³-hybridized carbons (Fsp3) is 0.417. The second-order valence-corrected chi connectivity index (χ2v) is 30.0. The van der Waals surface area contributed by atoms with Crippen molar-refractivity contribution in [2.45, 2.75) is 161 Å². The fourth-order valence-corrected chi connectivity index (χ4v) is 15.8. The summed E-state index contributed by atoms with van der Waals surface area (Å²) in [6.45, 7) is 21.9. The Morgan fingerprint density at radius 2 is 1.14 bits per heavy atom. The predicted octanol–water partition coefficient (Wildman–Crippen LogP) is 18.6. The van der Waals surface area contributed by atoms with Crippen LogP contribution in [0.15, 0.2) is 112 Å². The number of guanidine groups is 1. The van der Waals surface area contributed by atoms with Crippen LogP contribution in [0.5, 0.6) is 17.2 Å². The first-order valence-corrected chi connectivity index (χ1v) is 35.7. The Bertz CT molecular complexity index is 4450. The maximum Gasteiger partial charge on any atom is 0.490 e. The minimum Gasteiger partial charge on any atom is -0.496 e. The number of carbonyl (C=O) groups is 2. The highest BCUT2D eigenvalue weighted by Crippen LogP contribution is 2.48. The molecule has 99 heavy (non-hydrogen) atoms. The van der Waals surface area contributed by atoms with Gasteiger partial charge >= 0.3 is 18.2 Å². The molecule has 20 nitrogen and oxygen atoms in total. The molecule has 13 rings (SSSR count). The second-order valence-electron chi connectivity index (χ2n) is 25.8. The van der Waals surface area contributed by atoms with E-state index in [4.69, 9.17) is 60.6 Å². The molecule has 1 aliphatic carbocycles. The van der Waals surface area contributed by atoms with Gasteiger partial charge in [-0.05, 0) is 135 Å².